The lowest BCUT2D eigenvalue weighted by Crippen LogP contribution is -2.07. The fraction of sp³-hybridized carbons (Fsp3) is 0.385. The van der Waals surface area contributed by atoms with Crippen LogP contribution in [-0.2, 0) is 6.42 Å². The average Bonchev–Trinajstić information content (AvgIpc) is 2.95. The molecule has 0 radical (unpaired) electrons. The molecular weight excluding hydrogens is 392 g/mol. The monoisotopic (exact) mass is 404 g/mol. The van der Waals surface area contributed by atoms with E-state index in [2.05, 4.69) is 50.8 Å². The SMILES string of the molecule is CCC(C)n1ccc(CC(=O)c2cc(Br)sc2Br)n1. The number of Topliss-reactive ketones (excluding diaryl/α,β-unsaturated/α-hetero) is 1. The molecule has 0 N–H and O–H groups in total. The summed E-state index contributed by atoms with van der Waals surface area (Å²) in [7, 11) is 0. The van der Waals surface area contributed by atoms with Crippen LogP contribution in [0.5, 0.6) is 0 Å². The molecule has 0 aromatic carbocycles. The molecule has 0 aliphatic carbocycles. The van der Waals surface area contributed by atoms with E-state index in [1.54, 1.807) is 0 Å². The molecule has 2 rings (SSSR count). The molecule has 0 bridgehead atoms. The summed E-state index contributed by atoms with van der Waals surface area (Å²) in [6.07, 6.45) is 3.30. The number of aromatic nitrogens is 2. The van der Waals surface area contributed by atoms with Gasteiger partial charge in [-0.3, -0.25) is 9.48 Å². The van der Waals surface area contributed by atoms with Gasteiger partial charge >= 0.3 is 0 Å². The molecule has 0 amide bonds. The summed E-state index contributed by atoms with van der Waals surface area (Å²) in [5.74, 6) is 0.0863. The van der Waals surface area contributed by atoms with Gasteiger partial charge in [0.05, 0.1) is 19.7 Å². The second-order valence-corrected chi connectivity index (χ2v) is 8.13. The number of hydrogen-bond donors (Lipinski definition) is 0. The smallest absolute Gasteiger partial charge is 0.170 e. The molecule has 1 unspecified atom stereocenters. The molecule has 0 aliphatic heterocycles. The molecule has 19 heavy (non-hydrogen) atoms. The molecule has 2 aromatic heterocycles. The topological polar surface area (TPSA) is 34.9 Å². The Hall–Kier alpha value is -0.460. The number of carbonyl (C=O) groups is 1. The van der Waals surface area contributed by atoms with Crippen molar-refractivity contribution in [3.8, 4) is 0 Å². The van der Waals surface area contributed by atoms with Crippen molar-refractivity contribution in [3.63, 3.8) is 0 Å². The molecule has 2 aromatic rings. The van der Waals surface area contributed by atoms with Crippen LogP contribution in [0.2, 0.25) is 0 Å². The molecule has 6 heteroatoms. The lowest BCUT2D eigenvalue weighted by atomic mass is 10.1. The first-order valence-electron chi connectivity index (χ1n) is 6.03. The third-order valence-corrected chi connectivity index (χ3v) is 5.34. The van der Waals surface area contributed by atoms with Gasteiger partial charge in [0, 0.05) is 17.8 Å². The lowest BCUT2D eigenvalue weighted by Gasteiger charge is -2.07. The van der Waals surface area contributed by atoms with E-state index >= 15 is 0 Å². The van der Waals surface area contributed by atoms with Crippen LogP contribution < -0.4 is 0 Å². The Bertz CT molecular complexity index is 591. The third kappa shape index (κ3) is 3.55. The summed E-state index contributed by atoms with van der Waals surface area (Å²) >= 11 is 8.31. The minimum absolute atomic E-state index is 0.0863. The van der Waals surface area contributed by atoms with Gasteiger partial charge in [-0.1, -0.05) is 6.92 Å². The van der Waals surface area contributed by atoms with Crippen molar-refractivity contribution in [2.24, 2.45) is 0 Å². The molecule has 102 valence electrons. The second kappa shape index (κ2) is 6.33. The van der Waals surface area contributed by atoms with Crippen LogP contribution in [0, 0.1) is 0 Å². The van der Waals surface area contributed by atoms with Gasteiger partial charge in [-0.15, -0.1) is 11.3 Å². The van der Waals surface area contributed by atoms with Gasteiger partial charge in [-0.2, -0.15) is 5.10 Å². The normalized spacial score (nSPS) is 12.6. The highest BCUT2D eigenvalue weighted by Gasteiger charge is 2.15. The first-order chi connectivity index (χ1) is 9.01. The molecule has 2 heterocycles. The number of halogens is 2. The maximum Gasteiger partial charge on any atom is 0.170 e. The number of carbonyl (C=O) groups excluding carboxylic acids is 1. The highest BCUT2D eigenvalue weighted by molar-refractivity contribution is 9.12. The highest BCUT2D eigenvalue weighted by Crippen LogP contribution is 2.32. The van der Waals surface area contributed by atoms with Crippen LogP contribution in [0.4, 0.5) is 0 Å². The van der Waals surface area contributed by atoms with Gasteiger partial charge in [0.25, 0.3) is 0 Å². The number of rotatable bonds is 5. The zero-order chi connectivity index (χ0) is 14.0. The van der Waals surface area contributed by atoms with E-state index in [-0.39, 0.29) is 5.78 Å². The Balaban J connectivity index is 2.11. The van der Waals surface area contributed by atoms with Crippen LogP contribution in [0.1, 0.15) is 42.4 Å². The molecular formula is C13H14Br2N2OS. The predicted molar refractivity (Wildman–Crippen MR) is 85.0 cm³/mol. The van der Waals surface area contributed by atoms with E-state index in [4.69, 9.17) is 0 Å². The van der Waals surface area contributed by atoms with Crippen LogP contribution in [-0.4, -0.2) is 15.6 Å². The van der Waals surface area contributed by atoms with Crippen molar-refractivity contribution in [1.82, 2.24) is 9.78 Å². The number of thiophene rings is 1. The minimum atomic E-state index is 0.0863. The first kappa shape index (κ1) is 14.9. The highest BCUT2D eigenvalue weighted by atomic mass is 79.9. The van der Waals surface area contributed by atoms with Crippen LogP contribution in [0.25, 0.3) is 0 Å². The Morgan fingerprint density at radius 1 is 1.53 bits per heavy atom. The Labute approximate surface area is 133 Å². The van der Waals surface area contributed by atoms with E-state index < -0.39 is 0 Å². The van der Waals surface area contributed by atoms with Gasteiger partial charge < -0.3 is 0 Å². The summed E-state index contributed by atoms with van der Waals surface area (Å²) in [6.45, 7) is 4.24. The summed E-state index contributed by atoms with van der Waals surface area (Å²) in [5, 5.41) is 4.46. The number of nitrogens with zero attached hydrogens (tertiary/aromatic N) is 2. The van der Waals surface area contributed by atoms with Crippen molar-refractivity contribution >= 4 is 49.0 Å². The summed E-state index contributed by atoms with van der Waals surface area (Å²) < 4.78 is 3.74. The second-order valence-electron chi connectivity index (χ2n) is 4.38. The zero-order valence-electron chi connectivity index (χ0n) is 10.7. The maximum absolute atomic E-state index is 12.2. The molecule has 0 saturated carbocycles. The number of hydrogen-bond acceptors (Lipinski definition) is 3. The third-order valence-electron chi connectivity index (χ3n) is 3.00. The molecule has 0 spiro atoms. The van der Waals surface area contributed by atoms with E-state index in [1.165, 1.54) is 11.3 Å². The Kier molecular flexibility index (Phi) is 4.97. The quantitative estimate of drug-likeness (QED) is 0.665. The summed E-state index contributed by atoms with van der Waals surface area (Å²) in [4.78, 5) is 12.2. The fourth-order valence-corrected chi connectivity index (χ4v) is 4.55. The van der Waals surface area contributed by atoms with Crippen molar-refractivity contribution in [1.29, 1.82) is 0 Å². The first-order valence-corrected chi connectivity index (χ1v) is 8.43. The largest absolute Gasteiger partial charge is 0.294 e. The van der Waals surface area contributed by atoms with Crippen molar-refractivity contribution in [2.75, 3.05) is 0 Å². The maximum atomic E-state index is 12.2. The minimum Gasteiger partial charge on any atom is -0.294 e. The van der Waals surface area contributed by atoms with Crippen molar-refractivity contribution < 1.29 is 4.79 Å². The van der Waals surface area contributed by atoms with Gasteiger partial charge in [0.15, 0.2) is 5.78 Å². The van der Waals surface area contributed by atoms with Crippen LogP contribution in [0.15, 0.2) is 25.9 Å². The van der Waals surface area contributed by atoms with Crippen LogP contribution >= 0.6 is 43.2 Å². The van der Waals surface area contributed by atoms with Gasteiger partial charge in [0.1, 0.15) is 0 Å². The fourth-order valence-electron chi connectivity index (χ4n) is 1.69. The van der Waals surface area contributed by atoms with Crippen LogP contribution in [0.3, 0.4) is 0 Å². The predicted octanol–water partition coefficient (Wildman–Crippen LogP) is 4.87. The lowest BCUT2D eigenvalue weighted by molar-refractivity contribution is 0.0991. The molecule has 0 fully saturated rings. The summed E-state index contributed by atoms with van der Waals surface area (Å²) in [5.41, 5.74) is 1.54. The molecule has 0 aliphatic rings. The Morgan fingerprint density at radius 2 is 2.26 bits per heavy atom. The Morgan fingerprint density at radius 3 is 2.84 bits per heavy atom. The summed E-state index contributed by atoms with van der Waals surface area (Å²) in [6, 6.07) is 4.13. The molecule has 0 saturated heterocycles. The molecule has 3 nitrogen and oxygen atoms in total. The molecule has 1 atom stereocenters. The van der Waals surface area contributed by atoms with Gasteiger partial charge in [-0.25, -0.2) is 0 Å². The van der Waals surface area contributed by atoms with Gasteiger partial charge in [-0.05, 0) is 57.3 Å². The average molecular weight is 406 g/mol. The number of ketones is 1. The zero-order valence-corrected chi connectivity index (χ0v) is 14.7. The van der Waals surface area contributed by atoms with E-state index in [0.717, 1.165) is 25.3 Å². The van der Waals surface area contributed by atoms with E-state index in [9.17, 15) is 4.79 Å². The van der Waals surface area contributed by atoms with Gasteiger partial charge in [0.2, 0.25) is 0 Å². The van der Waals surface area contributed by atoms with E-state index in [1.807, 2.05) is 23.0 Å². The van der Waals surface area contributed by atoms with Crippen molar-refractivity contribution in [2.45, 2.75) is 32.7 Å². The van der Waals surface area contributed by atoms with E-state index in [0.29, 0.717) is 12.5 Å². The van der Waals surface area contributed by atoms with Crippen molar-refractivity contribution in [3.05, 3.63) is 37.2 Å². The standard InChI is InChI=1S/C13H14Br2N2OS/c1-3-8(2)17-5-4-9(16-17)6-11(18)10-7-12(14)19-13(10)15/h4-5,7-8H,3,6H2,1-2H3.